The molecule has 2 fully saturated rings. The monoisotopic (exact) mass is 481 g/mol. The molecule has 4 aliphatic rings. The molecule has 1 N–H and O–H groups in total. The zero-order valence-electron chi connectivity index (χ0n) is 20.6. The maximum atomic E-state index is 12.1. The third-order valence-corrected chi connectivity index (χ3v) is 9.40. The van der Waals surface area contributed by atoms with Gasteiger partial charge in [0.05, 0.1) is 0 Å². The maximum Gasteiger partial charge on any atom is 0.508 e. The minimum absolute atomic E-state index is 0.142. The molecule has 1 aromatic rings. The molecule has 0 unspecified atom stereocenters. The quantitative estimate of drug-likeness (QED) is 0.301. The molecule has 0 aromatic carbocycles. The molecule has 1 heterocycles. The van der Waals surface area contributed by atoms with Gasteiger partial charge >= 0.3 is 12.3 Å². The second kappa shape index (κ2) is 9.32. The fraction of sp³-hybridized carbons (Fsp3) is 0.607. The van der Waals surface area contributed by atoms with Crippen LogP contribution in [0.4, 0.5) is 9.59 Å². The van der Waals surface area contributed by atoms with Gasteiger partial charge in [0.15, 0.2) is 0 Å². The van der Waals surface area contributed by atoms with Crippen LogP contribution in [0.2, 0.25) is 0 Å². The second-order valence-electron chi connectivity index (χ2n) is 11.0. The maximum absolute atomic E-state index is 12.1. The van der Waals surface area contributed by atoms with Crippen molar-refractivity contribution >= 4 is 17.9 Å². The van der Waals surface area contributed by atoms with Crippen molar-refractivity contribution < 1.29 is 28.9 Å². The molecule has 0 spiro atoms. The summed E-state index contributed by atoms with van der Waals surface area (Å²) in [4.78, 5) is 26.8. The van der Waals surface area contributed by atoms with E-state index in [-0.39, 0.29) is 30.1 Å². The van der Waals surface area contributed by atoms with Crippen molar-refractivity contribution in [2.75, 3.05) is 13.2 Å². The van der Waals surface area contributed by atoms with Crippen LogP contribution in [0.25, 0.3) is 5.57 Å². The number of allylic oxidation sites excluding steroid dienone is 3. The second-order valence-corrected chi connectivity index (χ2v) is 11.0. The Kier molecular flexibility index (Phi) is 6.36. The summed E-state index contributed by atoms with van der Waals surface area (Å²) in [6, 6.07) is 4.24. The molecular formula is C28H35NO6. The number of fused-ring (bicyclic) bond motifs is 5. The van der Waals surface area contributed by atoms with Crippen molar-refractivity contribution in [3.8, 4) is 0 Å². The highest BCUT2D eigenvalue weighted by atomic mass is 16.7. The number of carbonyl (C=O) groups is 2. The van der Waals surface area contributed by atoms with Gasteiger partial charge in [0.2, 0.25) is 0 Å². The van der Waals surface area contributed by atoms with Gasteiger partial charge in [-0.1, -0.05) is 37.6 Å². The number of carbonyl (C=O) groups excluding carboxylic acids is 1. The van der Waals surface area contributed by atoms with Gasteiger partial charge in [-0.05, 0) is 84.3 Å². The average molecular weight is 482 g/mol. The van der Waals surface area contributed by atoms with E-state index in [0.29, 0.717) is 17.8 Å². The van der Waals surface area contributed by atoms with Crippen molar-refractivity contribution in [1.82, 2.24) is 4.98 Å². The van der Waals surface area contributed by atoms with Crippen molar-refractivity contribution in [3.05, 3.63) is 47.8 Å². The summed E-state index contributed by atoms with van der Waals surface area (Å²) < 4.78 is 14.9. The first kappa shape index (κ1) is 23.9. The van der Waals surface area contributed by atoms with Gasteiger partial charge in [-0.3, -0.25) is 4.98 Å². The van der Waals surface area contributed by atoms with Gasteiger partial charge in [-0.15, -0.1) is 0 Å². The first-order chi connectivity index (χ1) is 16.8. The number of ether oxygens (including phenoxy) is 3. The fourth-order valence-corrected chi connectivity index (χ4v) is 7.69. The lowest BCUT2D eigenvalue weighted by Crippen LogP contribution is -2.50. The first-order valence-electron chi connectivity index (χ1n) is 12.8. The molecule has 2 saturated carbocycles. The summed E-state index contributed by atoms with van der Waals surface area (Å²) in [5.41, 5.74) is 4.55. The Morgan fingerprint density at radius 1 is 1.06 bits per heavy atom. The largest absolute Gasteiger partial charge is 0.508 e. The topological polar surface area (TPSA) is 95.0 Å². The third kappa shape index (κ3) is 4.34. The number of hydrogen-bond donors (Lipinski definition) is 1. The van der Waals surface area contributed by atoms with Crippen molar-refractivity contribution in [3.63, 3.8) is 0 Å². The molecule has 0 saturated heterocycles. The highest BCUT2D eigenvalue weighted by Crippen LogP contribution is 2.66. The van der Waals surface area contributed by atoms with Gasteiger partial charge < -0.3 is 19.3 Å². The van der Waals surface area contributed by atoms with Gasteiger partial charge in [-0.25, -0.2) is 9.59 Å². The molecule has 4 aliphatic carbocycles. The van der Waals surface area contributed by atoms with Crippen LogP contribution in [-0.2, 0) is 14.2 Å². The summed E-state index contributed by atoms with van der Waals surface area (Å²) in [7, 11) is 0. The molecule has 188 valence electrons. The zero-order valence-corrected chi connectivity index (χ0v) is 20.6. The van der Waals surface area contributed by atoms with Crippen LogP contribution in [0.15, 0.2) is 42.3 Å². The zero-order chi connectivity index (χ0) is 24.6. The van der Waals surface area contributed by atoms with Crippen LogP contribution in [0.3, 0.4) is 0 Å². The van der Waals surface area contributed by atoms with E-state index in [2.05, 4.69) is 41.8 Å². The molecule has 6 atom stereocenters. The first-order valence-corrected chi connectivity index (χ1v) is 12.8. The van der Waals surface area contributed by atoms with Crippen LogP contribution >= 0.6 is 0 Å². The highest BCUT2D eigenvalue weighted by molar-refractivity contribution is 5.72. The van der Waals surface area contributed by atoms with Gasteiger partial charge in [0.1, 0.15) is 19.3 Å². The van der Waals surface area contributed by atoms with Crippen LogP contribution < -0.4 is 0 Å². The van der Waals surface area contributed by atoms with E-state index < -0.39 is 12.3 Å². The predicted molar refractivity (Wildman–Crippen MR) is 129 cm³/mol. The highest BCUT2D eigenvalue weighted by Gasteiger charge is 2.57. The number of carboxylic acid groups (broad SMARTS) is 1. The van der Waals surface area contributed by atoms with E-state index >= 15 is 0 Å². The lowest BCUT2D eigenvalue weighted by Gasteiger charge is -2.57. The Labute approximate surface area is 206 Å². The molecule has 1 aromatic heterocycles. The van der Waals surface area contributed by atoms with E-state index in [9.17, 15) is 9.59 Å². The predicted octanol–water partition coefficient (Wildman–Crippen LogP) is 6.25. The van der Waals surface area contributed by atoms with Gasteiger partial charge in [-0.2, -0.15) is 0 Å². The summed E-state index contributed by atoms with van der Waals surface area (Å²) in [5, 5.41) is 8.48. The normalized spacial score (nSPS) is 35.5. The third-order valence-electron chi connectivity index (χ3n) is 9.40. The lowest BCUT2D eigenvalue weighted by atomic mass is 9.47. The molecule has 0 amide bonds. The molecule has 7 heteroatoms. The molecular weight excluding hydrogens is 446 g/mol. The van der Waals surface area contributed by atoms with E-state index in [1.807, 2.05) is 18.5 Å². The van der Waals surface area contributed by atoms with Crippen molar-refractivity contribution in [2.45, 2.75) is 64.9 Å². The molecule has 0 radical (unpaired) electrons. The number of hydrogen-bond acceptors (Lipinski definition) is 6. The smallest absolute Gasteiger partial charge is 0.450 e. The van der Waals surface area contributed by atoms with Crippen LogP contribution in [-0.4, -0.2) is 41.7 Å². The van der Waals surface area contributed by atoms with Crippen molar-refractivity contribution in [1.29, 1.82) is 0 Å². The Morgan fingerprint density at radius 3 is 2.63 bits per heavy atom. The van der Waals surface area contributed by atoms with Crippen LogP contribution in [0.5, 0.6) is 0 Å². The summed E-state index contributed by atoms with van der Waals surface area (Å²) in [6.07, 6.45) is 13.7. The molecule has 35 heavy (non-hydrogen) atoms. The van der Waals surface area contributed by atoms with E-state index in [1.54, 1.807) is 0 Å². The summed E-state index contributed by atoms with van der Waals surface area (Å²) >= 11 is 0. The Morgan fingerprint density at radius 2 is 1.86 bits per heavy atom. The SMILES string of the molecule is C[C@]12CC[C@H](OC(=O)OCCOC(=O)O)CC1=CC[C@@H]1[C@@H]2CC[C@]2(C)C(c3cccnc3)=CC[C@@H]12. The number of rotatable bonds is 5. The number of pyridine rings is 1. The average Bonchev–Trinajstić information content (AvgIpc) is 3.20. The van der Waals surface area contributed by atoms with E-state index in [0.717, 1.165) is 32.1 Å². The van der Waals surface area contributed by atoms with Gasteiger partial charge in [0, 0.05) is 18.8 Å². The van der Waals surface area contributed by atoms with E-state index in [1.165, 1.54) is 29.6 Å². The lowest BCUT2D eigenvalue weighted by molar-refractivity contribution is -0.0380. The number of aromatic nitrogens is 1. The minimum Gasteiger partial charge on any atom is -0.450 e. The standard InChI is InChI=1S/C28H35NO6/c1-27-11-9-20(35-26(32)34-15-14-33-25(30)31)16-19(27)5-6-21-23-8-7-22(18-4-3-13-29-17-18)28(23,2)12-10-24(21)27/h3-5,7,13,17,20-21,23-24H,6,8-12,14-16H2,1-2H3,(H,30,31)/t20-,21-,23-,24-,27-,28+/m0/s1. The van der Waals surface area contributed by atoms with Crippen molar-refractivity contribution in [2.24, 2.45) is 28.6 Å². The fourth-order valence-electron chi connectivity index (χ4n) is 7.69. The Bertz CT molecular complexity index is 1040. The Balaban J connectivity index is 1.24. The molecule has 7 nitrogen and oxygen atoms in total. The van der Waals surface area contributed by atoms with E-state index in [4.69, 9.17) is 14.6 Å². The number of nitrogens with zero attached hydrogens (tertiary/aromatic N) is 1. The Hall–Kier alpha value is -2.83. The van der Waals surface area contributed by atoms with Crippen LogP contribution in [0.1, 0.15) is 64.4 Å². The molecule has 0 aliphatic heterocycles. The molecule has 0 bridgehead atoms. The summed E-state index contributed by atoms with van der Waals surface area (Å²) in [6.45, 7) is 4.57. The molecule has 5 rings (SSSR count). The minimum atomic E-state index is -1.39. The summed E-state index contributed by atoms with van der Waals surface area (Å²) in [5.74, 6) is 1.98. The van der Waals surface area contributed by atoms with Gasteiger partial charge in [0.25, 0.3) is 0 Å². The van der Waals surface area contributed by atoms with Crippen LogP contribution in [0, 0.1) is 28.6 Å².